The maximum Gasteiger partial charge on any atom is 0.127 e. The van der Waals surface area contributed by atoms with Crippen molar-refractivity contribution in [2.45, 2.75) is 19.1 Å². The second-order valence-electron chi connectivity index (χ2n) is 1.71. The predicted molar refractivity (Wildman–Crippen MR) is 29.6 cm³/mol. The zero-order chi connectivity index (χ0) is 4.57. The molecule has 1 rings (SSSR count). The third-order valence-corrected chi connectivity index (χ3v) is 1.18. The minimum atomic E-state index is -0.579. The van der Waals surface area contributed by atoms with Gasteiger partial charge in [-0.1, -0.05) is 0 Å². The molecule has 44 valence electrons. The first-order valence-electron chi connectivity index (χ1n) is 2.18. The molecule has 1 N–H and O–H groups in total. The zero-order valence-corrected chi connectivity index (χ0v) is 4.96. The average molecular weight is 126 g/mol. The van der Waals surface area contributed by atoms with Crippen molar-refractivity contribution < 1.29 is 4.39 Å². The summed E-state index contributed by atoms with van der Waals surface area (Å²) in [5.41, 5.74) is 0. The maximum atomic E-state index is 11.8. The van der Waals surface area contributed by atoms with Crippen LogP contribution in [0.25, 0.3) is 0 Å². The van der Waals surface area contributed by atoms with Gasteiger partial charge in [0.1, 0.15) is 6.17 Å². The number of nitrogens with one attached hydrogen (secondary N) is 1. The summed E-state index contributed by atoms with van der Waals surface area (Å²) in [5.74, 6) is 0. The summed E-state index contributed by atoms with van der Waals surface area (Å²) in [6.07, 6.45) is -0.579. The van der Waals surface area contributed by atoms with E-state index in [4.69, 9.17) is 0 Å². The molecule has 0 aromatic heterocycles. The molecule has 0 aromatic rings. The second kappa shape index (κ2) is 2.48. The highest BCUT2D eigenvalue weighted by atomic mass is 35.5. The van der Waals surface area contributed by atoms with Gasteiger partial charge in [0.05, 0.1) is 0 Å². The molecule has 3 heteroatoms. The molecule has 7 heavy (non-hydrogen) atoms. The van der Waals surface area contributed by atoms with E-state index >= 15 is 0 Å². The van der Waals surface area contributed by atoms with Crippen LogP contribution in [-0.4, -0.2) is 18.8 Å². The van der Waals surface area contributed by atoms with Crippen molar-refractivity contribution in [1.29, 1.82) is 0 Å². The highest BCUT2D eigenvalue weighted by Crippen LogP contribution is 2.05. The Morgan fingerprint density at radius 2 is 2.14 bits per heavy atom. The monoisotopic (exact) mass is 125 g/mol. The Labute approximate surface area is 48.7 Å². The molecule has 0 radical (unpaired) electrons. The zero-order valence-electron chi connectivity index (χ0n) is 4.15. The van der Waals surface area contributed by atoms with Gasteiger partial charge in [0.25, 0.3) is 0 Å². The van der Waals surface area contributed by atoms with Crippen LogP contribution >= 0.6 is 12.4 Å². The standard InChI is InChI=1S/C4H8FN.ClH/c1-3-4(5)2-6-3;/h3-4,6H,2H2,1H3;1H/t3-,4?;/m0./s1. The van der Waals surface area contributed by atoms with Crippen LogP contribution in [0.3, 0.4) is 0 Å². The van der Waals surface area contributed by atoms with Gasteiger partial charge in [-0.3, -0.25) is 0 Å². The van der Waals surface area contributed by atoms with E-state index in [1.807, 2.05) is 6.92 Å². The predicted octanol–water partition coefficient (Wildman–Crippen LogP) is 0.738. The Balaban J connectivity index is 0.000000360. The molecule has 0 spiro atoms. The molecular formula is C4H9ClFN. The third-order valence-electron chi connectivity index (χ3n) is 1.18. The Morgan fingerprint density at radius 3 is 2.14 bits per heavy atom. The second-order valence-corrected chi connectivity index (χ2v) is 1.71. The molecular weight excluding hydrogens is 117 g/mol. The topological polar surface area (TPSA) is 12.0 Å². The van der Waals surface area contributed by atoms with E-state index in [1.54, 1.807) is 0 Å². The number of hydrogen-bond donors (Lipinski definition) is 1. The maximum absolute atomic E-state index is 11.8. The molecule has 2 atom stereocenters. The SMILES string of the molecule is C[C@@H]1NCC1F.Cl. The summed E-state index contributed by atoms with van der Waals surface area (Å²) in [5, 5.41) is 2.88. The van der Waals surface area contributed by atoms with Crippen molar-refractivity contribution in [1.82, 2.24) is 5.32 Å². The van der Waals surface area contributed by atoms with Crippen molar-refractivity contribution in [2.75, 3.05) is 6.54 Å². The Kier molecular flexibility index (Phi) is 2.54. The van der Waals surface area contributed by atoms with Gasteiger partial charge in [-0.05, 0) is 6.92 Å². The smallest absolute Gasteiger partial charge is 0.127 e. The van der Waals surface area contributed by atoms with E-state index in [1.165, 1.54) is 0 Å². The molecule has 1 saturated heterocycles. The fourth-order valence-corrected chi connectivity index (χ4v) is 0.443. The van der Waals surface area contributed by atoms with Crippen molar-refractivity contribution >= 4 is 12.4 Å². The van der Waals surface area contributed by atoms with E-state index in [0.717, 1.165) is 0 Å². The van der Waals surface area contributed by atoms with Crippen LogP contribution < -0.4 is 5.32 Å². The van der Waals surface area contributed by atoms with Crippen LogP contribution in [0.5, 0.6) is 0 Å². The van der Waals surface area contributed by atoms with E-state index in [9.17, 15) is 4.39 Å². The lowest BCUT2D eigenvalue weighted by molar-refractivity contribution is 0.171. The molecule has 0 saturated carbocycles. The lowest BCUT2D eigenvalue weighted by Crippen LogP contribution is -2.52. The molecule has 1 heterocycles. The molecule has 0 aliphatic carbocycles. The van der Waals surface area contributed by atoms with Gasteiger partial charge < -0.3 is 5.32 Å². The highest BCUT2D eigenvalue weighted by molar-refractivity contribution is 5.85. The van der Waals surface area contributed by atoms with E-state index in [0.29, 0.717) is 6.54 Å². The van der Waals surface area contributed by atoms with Gasteiger partial charge in [0.2, 0.25) is 0 Å². The number of alkyl halides is 1. The summed E-state index contributed by atoms with van der Waals surface area (Å²) in [6, 6.07) is 0.116. The molecule has 0 aromatic carbocycles. The van der Waals surface area contributed by atoms with Crippen molar-refractivity contribution in [2.24, 2.45) is 0 Å². The Morgan fingerprint density at radius 1 is 1.71 bits per heavy atom. The summed E-state index contributed by atoms with van der Waals surface area (Å²) in [6.45, 7) is 2.40. The fourth-order valence-electron chi connectivity index (χ4n) is 0.443. The van der Waals surface area contributed by atoms with Gasteiger partial charge in [-0.15, -0.1) is 12.4 Å². The van der Waals surface area contributed by atoms with Gasteiger partial charge >= 0.3 is 0 Å². The van der Waals surface area contributed by atoms with Crippen LogP contribution in [0.1, 0.15) is 6.92 Å². The molecule has 1 aliphatic rings. The van der Waals surface area contributed by atoms with Crippen LogP contribution in [-0.2, 0) is 0 Å². The lowest BCUT2D eigenvalue weighted by atomic mass is 10.1. The lowest BCUT2D eigenvalue weighted by Gasteiger charge is -2.28. The normalized spacial score (nSPS) is 38.6. The minimum absolute atomic E-state index is 0. The first kappa shape index (κ1) is 7.18. The van der Waals surface area contributed by atoms with Crippen molar-refractivity contribution in [3.63, 3.8) is 0 Å². The van der Waals surface area contributed by atoms with E-state index in [-0.39, 0.29) is 18.4 Å². The van der Waals surface area contributed by atoms with E-state index < -0.39 is 6.17 Å². The molecule has 1 aliphatic heterocycles. The summed E-state index contributed by atoms with van der Waals surface area (Å²) in [7, 11) is 0. The van der Waals surface area contributed by atoms with Crippen LogP contribution in [0, 0.1) is 0 Å². The molecule has 1 nitrogen and oxygen atoms in total. The minimum Gasteiger partial charge on any atom is -0.308 e. The van der Waals surface area contributed by atoms with Crippen molar-refractivity contribution in [3.05, 3.63) is 0 Å². The number of halogens is 2. The quantitative estimate of drug-likeness (QED) is 0.504. The average Bonchev–Trinajstić information content (AvgIpc) is 1.61. The van der Waals surface area contributed by atoms with Crippen LogP contribution in [0.4, 0.5) is 4.39 Å². The van der Waals surface area contributed by atoms with Crippen molar-refractivity contribution in [3.8, 4) is 0 Å². The number of rotatable bonds is 0. The molecule has 1 unspecified atom stereocenters. The fraction of sp³-hybridized carbons (Fsp3) is 1.00. The summed E-state index contributed by atoms with van der Waals surface area (Å²) in [4.78, 5) is 0. The highest BCUT2D eigenvalue weighted by Gasteiger charge is 2.24. The molecule has 0 amide bonds. The van der Waals surface area contributed by atoms with Gasteiger partial charge in [0.15, 0.2) is 0 Å². The van der Waals surface area contributed by atoms with Gasteiger partial charge in [-0.25, -0.2) is 4.39 Å². The van der Waals surface area contributed by atoms with E-state index in [2.05, 4.69) is 5.32 Å². The molecule has 1 fully saturated rings. The Hall–Kier alpha value is 0.180. The Bertz CT molecular complexity index is 51.7. The third kappa shape index (κ3) is 1.28. The summed E-state index contributed by atoms with van der Waals surface area (Å²) < 4.78 is 11.8. The van der Waals surface area contributed by atoms with Crippen LogP contribution in [0.15, 0.2) is 0 Å². The first-order valence-corrected chi connectivity index (χ1v) is 2.18. The molecule has 0 bridgehead atoms. The first-order chi connectivity index (χ1) is 2.80. The largest absolute Gasteiger partial charge is 0.308 e. The van der Waals surface area contributed by atoms with Gasteiger partial charge in [-0.2, -0.15) is 0 Å². The van der Waals surface area contributed by atoms with Gasteiger partial charge in [0, 0.05) is 12.6 Å². The number of hydrogen-bond acceptors (Lipinski definition) is 1. The van der Waals surface area contributed by atoms with Crippen LogP contribution in [0.2, 0.25) is 0 Å². The summed E-state index contributed by atoms with van der Waals surface area (Å²) >= 11 is 0.